The normalized spacial score (nSPS) is 12.6. The number of carbonyl (C=O) groups is 4. The Balaban J connectivity index is 1.39. The molecule has 3 amide bonds. The van der Waals surface area contributed by atoms with Crippen molar-refractivity contribution >= 4 is 29.4 Å². The Kier molecular flexibility index (Phi) is 7.54. The quantitative estimate of drug-likeness (QED) is 0.354. The molecule has 0 spiro atoms. The van der Waals surface area contributed by atoms with E-state index in [2.05, 4.69) is 5.32 Å². The van der Waals surface area contributed by atoms with Crippen molar-refractivity contribution in [1.29, 1.82) is 0 Å². The maximum absolute atomic E-state index is 12.3. The van der Waals surface area contributed by atoms with E-state index in [1.165, 1.54) is 4.90 Å². The number of anilines is 1. The Morgan fingerprint density at radius 1 is 0.935 bits per heavy atom. The second-order valence-electron chi connectivity index (χ2n) is 7.38. The first-order valence-electron chi connectivity index (χ1n) is 10.5. The lowest BCUT2D eigenvalue weighted by molar-refractivity contribution is -0.116. The predicted molar refractivity (Wildman–Crippen MR) is 116 cm³/mol. The Bertz CT molecular complexity index is 950. The number of ether oxygens (including phenoxy) is 1. The van der Waals surface area contributed by atoms with Crippen LogP contribution in [0.2, 0.25) is 0 Å². The van der Waals surface area contributed by atoms with Gasteiger partial charge >= 0.3 is 5.97 Å². The number of esters is 1. The molecule has 0 fully saturated rings. The van der Waals surface area contributed by atoms with Gasteiger partial charge in [0, 0.05) is 18.7 Å². The van der Waals surface area contributed by atoms with Crippen molar-refractivity contribution in [2.45, 2.75) is 39.0 Å². The van der Waals surface area contributed by atoms with E-state index in [-0.39, 0.29) is 17.7 Å². The maximum Gasteiger partial charge on any atom is 0.338 e. The SMILES string of the molecule is CCCOC(=O)c1cccc(NC(=O)CCCCCN2C(=O)c3ccccc3C2=O)c1. The van der Waals surface area contributed by atoms with Gasteiger partial charge in [0.2, 0.25) is 5.91 Å². The van der Waals surface area contributed by atoms with Crippen LogP contribution in [0.5, 0.6) is 0 Å². The molecule has 0 unspecified atom stereocenters. The summed E-state index contributed by atoms with van der Waals surface area (Å²) in [6.45, 7) is 2.62. The van der Waals surface area contributed by atoms with Gasteiger partial charge in [-0.2, -0.15) is 0 Å². The minimum Gasteiger partial charge on any atom is -0.462 e. The van der Waals surface area contributed by atoms with Crippen molar-refractivity contribution in [3.05, 3.63) is 65.2 Å². The zero-order valence-corrected chi connectivity index (χ0v) is 17.6. The predicted octanol–water partition coefficient (Wildman–Crippen LogP) is 4.05. The number of nitrogens with one attached hydrogen (secondary N) is 1. The van der Waals surface area contributed by atoms with E-state index in [4.69, 9.17) is 4.74 Å². The number of rotatable bonds is 10. The van der Waals surface area contributed by atoms with Crippen LogP contribution in [0.4, 0.5) is 5.69 Å². The first-order chi connectivity index (χ1) is 15.0. The van der Waals surface area contributed by atoms with Crippen LogP contribution in [0.15, 0.2) is 48.5 Å². The van der Waals surface area contributed by atoms with Gasteiger partial charge in [-0.3, -0.25) is 19.3 Å². The van der Waals surface area contributed by atoms with Crippen LogP contribution in [0.3, 0.4) is 0 Å². The van der Waals surface area contributed by atoms with E-state index in [1.807, 2.05) is 6.92 Å². The molecule has 7 heteroatoms. The molecule has 3 rings (SSSR count). The van der Waals surface area contributed by atoms with Crippen LogP contribution in [0.25, 0.3) is 0 Å². The summed E-state index contributed by atoms with van der Waals surface area (Å²) in [5.41, 5.74) is 1.84. The Morgan fingerprint density at radius 3 is 2.32 bits per heavy atom. The third-order valence-electron chi connectivity index (χ3n) is 4.98. The van der Waals surface area contributed by atoms with Gasteiger partial charge in [0.1, 0.15) is 0 Å². The molecule has 7 nitrogen and oxygen atoms in total. The van der Waals surface area contributed by atoms with Gasteiger partial charge in [0.25, 0.3) is 11.8 Å². The maximum atomic E-state index is 12.3. The minimum absolute atomic E-state index is 0.153. The number of nitrogens with zero attached hydrogens (tertiary/aromatic N) is 1. The molecule has 162 valence electrons. The minimum atomic E-state index is -0.411. The van der Waals surface area contributed by atoms with Crippen LogP contribution >= 0.6 is 0 Å². The molecule has 1 aliphatic rings. The number of hydrogen-bond donors (Lipinski definition) is 1. The Labute approximate surface area is 181 Å². The lowest BCUT2D eigenvalue weighted by atomic mass is 10.1. The molecular weight excluding hydrogens is 396 g/mol. The number of carbonyl (C=O) groups excluding carboxylic acids is 4. The first-order valence-corrected chi connectivity index (χ1v) is 10.5. The number of fused-ring (bicyclic) bond motifs is 1. The fourth-order valence-corrected chi connectivity index (χ4v) is 3.40. The van der Waals surface area contributed by atoms with Crippen LogP contribution in [0, 0.1) is 0 Å². The monoisotopic (exact) mass is 422 g/mol. The largest absolute Gasteiger partial charge is 0.462 e. The fraction of sp³-hybridized carbons (Fsp3) is 0.333. The molecule has 31 heavy (non-hydrogen) atoms. The highest BCUT2D eigenvalue weighted by Gasteiger charge is 2.34. The number of unbranched alkanes of at least 4 members (excludes halogenated alkanes) is 2. The molecule has 0 atom stereocenters. The highest BCUT2D eigenvalue weighted by molar-refractivity contribution is 6.21. The molecule has 0 saturated carbocycles. The molecule has 0 radical (unpaired) electrons. The summed E-state index contributed by atoms with van der Waals surface area (Å²) >= 11 is 0. The average Bonchev–Trinajstić information content (AvgIpc) is 3.02. The third-order valence-corrected chi connectivity index (χ3v) is 4.98. The van der Waals surface area contributed by atoms with Gasteiger partial charge in [-0.1, -0.05) is 31.5 Å². The summed E-state index contributed by atoms with van der Waals surface area (Å²) in [4.78, 5) is 50.0. The molecule has 1 N–H and O–H groups in total. The van der Waals surface area contributed by atoms with Crippen LogP contribution in [-0.4, -0.2) is 41.7 Å². The summed E-state index contributed by atoms with van der Waals surface area (Å²) in [5.74, 6) is -1.07. The zero-order chi connectivity index (χ0) is 22.2. The second-order valence-corrected chi connectivity index (χ2v) is 7.38. The van der Waals surface area contributed by atoms with Crippen molar-refractivity contribution in [2.24, 2.45) is 0 Å². The van der Waals surface area contributed by atoms with Gasteiger partial charge < -0.3 is 10.1 Å². The highest BCUT2D eigenvalue weighted by atomic mass is 16.5. The lowest BCUT2D eigenvalue weighted by Gasteiger charge is -2.13. The Morgan fingerprint density at radius 2 is 1.65 bits per heavy atom. The molecule has 2 aromatic rings. The molecule has 1 heterocycles. The second kappa shape index (κ2) is 10.5. The van der Waals surface area contributed by atoms with E-state index < -0.39 is 5.97 Å². The van der Waals surface area contributed by atoms with E-state index >= 15 is 0 Å². The standard InChI is InChI=1S/C24H26N2O5/c1-2-15-31-24(30)17-9-8-10-18(16-17)25-21(27)13-4-3-7-14-26-22(28)19-11-5-6-12-20(19)23(26)29/h5-6,8-12,16H,2-4,7,13-15H2,1H3,(H,25,27). The molecular formula is C24H26N2O5. The van der Waals surface area contributed by atoms with E-state index in [0.717, 1.165) is 6.42 Å². The topological polar surface area (TPSA) is 92.8 Å². The first kappa shape index (κ1) is 22.2. The number of benzene rings is 2. The summed E-state index contributed by atoms with van der Waals surface area (Å²) in [6.07, 6.45) is 3.04. The smallest absolute Gasteiger partial charge is 0.338 e. The zero-order valence-electron chi connectivity index (χ0n) is 17.6. The van der Waals surface area contributed by atoms with Gasteiger partial charge in [-0.05, 0) is 49.6 Å². The summed E-state index contributed by atoms with van der Waals surface area (Å²) in [7, 11) is 0. The van der Waals surface area contributed by atoms with E-state index in [9.17, 15) is 19.2 Å². The highest BCUT2D eigenvalue weighted by Crippen LogP contribution is 2.23. The Hall–Kier alpha value is -3.48. The van der Waals surface area contributed by atoms with Gasteiger partial charge in [-0.15, -0.1) is 0 Å². The van der Waals surface area contributed by atoms with Gasteiger partial charge in [0.05, 0.1) is 23.3 Å². The van der Waals surface area contributed by atoms with Crippen LogP contribution in [-0.2, 0) is 9.53 Å². The van der Waals surface area contributed by atoms with Gasteiger partial charge in [0.15, 0.2) is 0 Å². The summed E-state index contributed by atoms with van der Waals surface area (Å²) in [5, 5.41) is 2.79. The molecule has 0 saturated heterocycles. The van der Waals surface area contributed by atoms with Crippen LogP contribution in [0.1, 0.15) is 70.1 Å². The van der Waals surface area contributed by atoms with Crippen molar-refractivity contribution in [2.75, 3.05) is 18.5 Å². The van der Waals surface area contributed by atoms with Crippen molar-refractivity contribution in [3.63, 3.8) is 0 Å². The van der Waals surface area contributed by atoms with Crippen molar-refractivity contribution in [3.8, 4) is 0 Å². The number of hydrogen-bond acceptors (Lipinski definition) is 5. The van der Waals surface area contributed by atoms with Crippen molar-refractivity contribution in [1.82, 2.24) is 4.90 Å². The number of imide groups is 1. The lowest BCUT2D eigenvalue weighted by Crippen LogP contribution is -2.30. The summed E-state index contributed by atoms with van der Waals surface area (Å²) < 4.78 is 5.10. The van der Waals surface area contributed by atoms with Crippen molar-refractivity contribution < 1.29 is 23.9 Å². The number of amides is 3. The summed E-state index contributed by atoms with van der Waals surface area (Å²) in [6, 6.07) is 13.5. The van der Waals surface area contributed by atoms with Gasteiger partial charge in [-0.25, -0.2) is 4.79 Å². The van der Waals surface area contributed by atoms with E-state index in [0.29, 0.717) is 61.2 Å². The molecule has 0 bridgehead atoms. The van der Waals surface area contributed by atoms with E-state index in [1.54, 1.807) is 48.5 Å². The molecule has 0 aliphatic carbocycles. The molecule has 1 aliphatic heterocycles. The average molecular weight is 422 g/mol. The molecule has 0 aromatic heterocycles. The molecule has 2 aromatic carbocycles. The fourth-order valence-electron chi connectivity index (χ4n) is 3.40. The van der Waals surface area contributed by atoms with Crippen LogP contribution < -0.4 is 5.32 Å². The third kappa shape index (κ3) is 5.57.